The van der Waals surface area contributed by atoms with Crippen LogP contribution in [0.1, 0.15) is 19.4 Å². The van der Waals surface area contributed by atoms with Crippen LogP contribution in [0, 0.1) is 0 Å². The molecular weight excluding hydrogens is 144 g/mol. The monoisotopic (exact) mass is 156 g/mol. The number of hydrogen-bond donors (Lipinski definition) is 0. The number of hydrogen-bond acceptors (Lipinski definition) is 2. The van der Waals surface area contributed by atoms with Crippen LogP contribution in [-0.2, 0) is 4.75 Å². The molecule has 0 atom stereocenters. The van der Waals surface area contributed by atoms with E-state index in [0.29, 0.717) is 0 Å². The van der Waals surface area contributed by atoms with Crippen molar-refractivity contribution >= 4 is 11.8 Å². The van der Waals surface area contributed by atoms with Crippen molar-refractivity contribution in [1.29, 1.82) is 0 Å². The van der Waals surface area contributed by atoms with Crippen molar-refractivity contribution in [3.63, 3.8) is 0 Å². The highest BCUT2D eigenvalue weighted by Gasteiger charge is 2.19. The van der Waals surface area contributed by atoms with Gasteiger partial charge in [0.05, 0.1) is 12.5 Å². The fourth-order valence-electron chi connectivity index (χ4n) is 0.725. The molecule has 0 saturated carbocycles. The van der Waals surface area contributed by atoms with Crippen LogP contribution in [0.2, 0.25) is 0 Å². The van der Waals surface area contributed by atoms with Gasteiger partial charge < -0.3 is 4.42 Å². The van der Waals surface area contributed by atoms with Crippen molar-refractivity contribution in [2.24, 2.45) is 0 Å². The molecule has 1 aromatic heterocycles. The molecule has 0 unspecified atom stereocenters. The van der Waals surface area contributed by atoms with E-state index in [0.717, 1.165) is 0 Å². The fraction of sp³-hybridized carbons (Fsp3) is 0.500. The van der Waals surface area contributed by atoms with Gasteiger partial charge in [-0.25, -0.2) is 0 Å². The Balaban J connectivity index is 2.85. The maximum absolute atomic E-state index is 4.99. The van der Waals surface area contributed by atoms with E-state index in [-0.39, 0.29) is 4.75 Å². The third kappa shape index (κ3) is 1.37. The Bertz CT molecular complexity index is 189. The maximum Gasteiger partial charge on any atom is 0.0948 e. The largest absolute Gasteiger partial charge is 0.472 e. The van der Waals surface area contributed by atoms with Crippen LogP contribution in [0.4, 0.5) is 0 Å². The lowest BCUT2D eigenvalue weighted by molar-refractivity contribution is 0.559. The second-order valence-electron chi connectivity index (χ2n) is 2.73. The molecule has 0 N–H and O–H groups in total. The molecule has 56 valence electrons. The van der Waals surface area contributed by atoms with E-state index in [1.54, 1.807) is 12.5 Å². The highest BCUT2D eigenvalue weighted by atomic mass is 32.2. The fourth-order valence-corrected chi connectivity index (χ4v) is 1.08. The molecule has 2 heteroatoms. The lowest BCUT2D eigenvalue weighted by atomic mass is 10.1. The molecule has 0 aliphatic rings. The van der Waals surface area contributed by atoms with Gasteiger partial charge in [-0.1, -0.05) is 0 Å². The second kappa shape index (κ2) is 2.70. The van der Waals surface area contributed by atoms with E-state index < -0.39 is 0 Å². The minimum absolute atomic E-state index is 0.188. The van der Waals surface area contributed by atoms with Crippen molar-refractivity contribution in [3.05, 3.63) is 24.2 Å². The molecule has 1 aromatic rings. The quantitative estimate of drug-likeness (QED) is 0.653. The average molecular weight is 156 g/mol. The smallest absolute Gasteiger partial charge is 0.0948 e. The first-order valence-electron chi connectivity index (χ1n) is 3.24. The summed E-state index contributed by atoms with van der Waals surface area (Å²) in [5.41, 5.74) is 1.25. The second-order valence-corrected chi connectivity index (χ2v) is 4.16. The van der Waals surface area contributed by atoms with Crippen LogP contribution in [0.5, 0.6) is 0 Å². The first kappa shape index (κ1) is 7.73. The Hall–Kier alpha value is -0.370. The van der Waals surface area contributed by atoms with Crippen LogP contribution >= 0.6 is 11.8 Å². The summed E-state index contributed by atoms with van der Waals surface area (Å²) in [5.74, 6) is 0. The summed E-state index contributed by atoms with van der Waals surface area (Å²) in [5, 5.41) is 0. The molecule has 1 nitrogen and oxygen atoms in total. The molecule has 1 rings (SSSR count). The van der Waals surface area contributed by atoms with Crippen LogP contribution in [-0.4, -0.2) is 6.26 Å². The van der Waals surface area contributed by atoms with Gasteiger partial charge in [0.2, 0.25) is 0 Å². The minimum atomic E-state index is 0.188. The van der Waals surface area contributed by atoms with Crippen LogP contribution in [0.3, 0.4) is 0 Å². The van der Waals surface area contributed by atoms with Crippen LogP contribution in [0.15, 0.2) is 23.0 Å². The summed E-state index contributed by atoms with van der Waals surface area (Å²) >= 11 is 1.82. The zero-order valence-electron chi connectivity index (χ0n) is 6.55. The third-order valence-electron chi connectivity index (χ3n) is 1.73. The van der Waals surface area contributed by atoms with Gasteiger partial charge in [-0.3, -0.25) is 0 Å². The van der Waals surface area contributed by atoms with Crippen molar-refractivity contribution in [2.75, 3.05) is 6.26 Å². The molecule has 0 aromatic carbocycles. The normalized spacial score (nSPS) is 11.9. The van der Waals surface area contributed by atoms with Crippen molar-refractivity contribution in [3.8, 4) is 0 Å². The first-order valence-corrected chi connectivity index (χ1v) is 4.47. The third-order valence-corrected chi connectivity index (χ3v) is 2.98. The summed E-state index contributed by atoms with van der Waals surface area (Å²) in [6.07, 6.45) is 5.62. The van der Waals surface area contributed by atoms with Crippen LogP contribution in [0.25, 0.3) is 0 Å². The molecule has 1 heterocycles. The lowest BCUT2D eigenvalue weighted by Gasteiger charge is -2.19. The molecule has 0 radical (unpaired) electrons. The first-order chi connectivity index (χ1) is 4.67. The zero-order chi connectivity index (χ0) is 7.61. The van der Waals surface area contributed by atoms with Gasteiger partial charge in [0.1, 0.15) is 0 Å². The number of furan rings is 1. The molecule has 0 fully saturated rings. The Kier molecular flexibility index (Phi) is 2.09. The Morgan fingerprint density at radius 1 is 1.50 bits per heavy atom. The zero-order valence-corrected chi connectivity index (χ0v) is 7.37. The van der Waals surface area contributed by atoms with Gasteiger partial charge in [0.15, 0.2) is 0 Å². The van der Waals surface area contributed by atoms with Crippen molar-refractivity contribution in [1.82, 2.24) is 0 Å². The van der Waals surface area contributed by atoms with Gasteiger partial charge in [0.25, 0.3) is 0 Å². The molecule has 0 aliphatic carbocycles. The molecular formula is C8H12OS. The summed E-state index contributed by atoms with van der Waals surface area (Å²) in [6.45, 7) is 4.37. The SMILES string of the molecule is CSC(C)(C)c1ccoc1. The van der Waals surface area contributed by atoms with Gasteiger partial charge in [-0.05, 0) is 26.2 Å². The molecule has 0 bridgehead atoms. The van der Waals surface area contributed by atoms with E-state index in [1.807, 2.05) is 17.8 Å². The highest BCUT2D eigenvalue weighted by Crippen LogP contribution is 2.33. The van der Waals surface area contributed by atoms with E-state index in [9.17, 15) is 0 Å². The topological polar surface area (TPSA) is 13.1 Å². The predicted molar refractivity (Wildman–Crippen MR) is 45.2 cm³/mol. The predicted octanol–water partition coefficient (Wildman–Crippen LogP) is 2.88. The molecule has 10 heavy (non-hydrogen) atoms. The van der Waals surface area contributed by atoms with E-state index in [4.69, 9.17) is 4.42 Å². The van der Waals surface area contributed by atoms with E-state index in [2.05, 4.69) is 20.1 Å². The van der Waals surface area contributed by atoms with Gasteiger partial charge in [-0.2, -0.15) is 11.8 Å². The number of thioether (sulfide) groups is 1. The maximum atomic E-state index is 4.99. The minimum Gasteiger partial charge on any atom is -0.472 e. The molecule has 0 amide bonds. The average Bonchev–Trinajstić information content (AvgIpc) is 2.38. The Morgan fingerprint density at radius 3 is 2.60 bits per heavy atom. The Labute approximate surface area is 65.8 Å². The number of rotatable bonds is 2. The van der Waals surface area contributed by atoms with E-state index in [1.165, 1.54) is 5.56 Å². The van der Waals surface area contributed by atoms with Gasteiger partial charge >= 0.3 is 0 Å². The summed E-state index contributed by atoms with van der Waals surface area (Å²) in [6, 6.07) is 2.01. The van der Waals surface area contributed by atoms with Gasteiger partial charge in [-0.15, -0.1) is 0 Å². The van der Waals surface area contributed by atoms with Crippen molar-refractivity contribution in [2.45, 2.75) is 18.6 Å². The van der Waals surface area contributed by atoms with Crippen LogP contribution < -0.4 is 0 Å². The van der Waals surface area contributed by atoms with Crippen molar-refractivity contribution < 1.29 is 4.42 Å². The lowest BCUT2D eigenvalue weighted by Crippen LogP contribution is -2.09. The summed E-state index contributed by atoms with van der Waals surface area (Å²) in [7, 11) is 0. The highest BCUT2D eigenvalue weighted by molar-refractivity contribution is 7.99. The van der Waals surface area contributed by atoms with E-state index >= 15 is 0 Å². The summed E-state index contributed by atoms with van der Waals surface area (Å²) < 4.78 is 5.18. The molecule has 0 spiro atoms. The summed E-state index contributed by atoms with van der Waals surface area (Å²) in [4.78, 5) is 0. The van der Waals surface area contributed by atoms with Gasteiger partial charge in [0, 0.05) is 10.3 Å². The standard InChI is InChI=1S/C8H12OS/c1-8(2,10-3)7-4-5-9-6-7/h4-6H,1-3H3. The Morgan fingerprint density at radius 2 is 2.20 bits per heavy atom. The molecule has 0 aliphatic heterocycles. The molecule has 0 saturated heterocycles.